The summed E-state index contributed by atoms with van der Waals surface area (Å²) < 4.78 is 2.12. The van der Waals surface area contributed by atoms with Crippen molar-refractivity contribution >= 4 is 28.4 Å². The van der Waals surface area contributed by atoms with Crippen LogP contribution in [0.1, 0.15) is 44.2 Å². The van der Waals surface area contributed by atoms with Crippen LogP contribution in [0.15, 0.2) is 54.7 Å². The third-order valence-corrected chi connectivity index (χ3v) is 5.57. The van der Waals surface area contributed by atoms with Crippen molar-refractivity contribution < 1.29 is 4.79 Å². The van der Waals surface area contributed by atoms with Gasteiger partial charge in [-0.1, -0.05) is 55.8 Å². The second-order valence-corrected chi connectivity index (χ2v) is 8.06. The molecule has 0 saturated carbocycles. The van der Waals surface area contributed by atoms with Crippen molar-refractivity contribution in [1.29, 1.82) is 0 Å². The molecular formula is C23H27ClN2O. The molecule has 0 saturated heterocycles. The summed E-state index contributed by atoms with van der Waals surface area (Å²) in [5, 5.41) is 5.00. The fourth-order valence-corrected chi connectivity index (χ4v) is 3.65. The van der Waals surface area contributed by atoms with E-state index >= 15 is 0 Å². The molecule has 2 atom stereocenters. The number of carbonyl (C=O) groups excluding carboxylic acids is 1. The molecule has 0 radical (unpaired) electrons. The summed E-state index contributed by atoms with van der Waals surface area (Å²) in [7, 11) is 2.04. The van der Waals surface area contributed by atoms with Crippen LogP contribution < -0.4 is 5.32 Å². The molecule has 0 aliphatic heterocycles. The van der Waals surface area contributed by atoms with Crippen LogP contribution in [-0.4, -0.2) is 16.5 Å². The maximum absolute atomic E-state index is 12.8. The number of aryl methyl sites for hydroxylation is 1. The van der Waals surface area contributed by atoms with Crippen LogP contribution in [0.2, 0.25) is 5.02 Å². The third kappa shape index (κ3) is 4.36. The maximum Gasteiger partial charge on any atom is 0.221 e. The number of amides is 1. The number of para-hydroxylation sites is 1. The van der Waals surface area contributed by atoms with Gasteiger partial charge in [0.15, 0.2) is 0 Å². The van der Waals surface area contributed by atoms with Gasteiger partial charge in [0.2, 0.25) is 5.91 Å². The average Bonchev–Trinajstić information content (AvgIpc) is 2.96. The normalized spacial score (nSPS) is 13.7. The molecule has 0 bridgehead atoms. The van der Waals surface area contributed by atoms with Crippen LogP contribution in [0.25, 0.3) is 10.9 Å². The Balaban J connectivity index is 2.01. The van der Waals surface area contributed by atoms with Crippen molar-refractivity contribution in [3.63, 3.8) is 0 Å². The summed E-state index contributed by atoms with van der Waals surface area (Å²) in [6, 6.07) is 16.3. The Kier molecular flexibility index (Phi) is 5.91. The topological polar surface area (TPSA) is 34.0 Å². The molecule has 1 heterocycles. The van der Waals surface area contributed by atoms with E-state index in [0.717, 1.165) is 16.6 Å². The standard InChI is InChI=1S/C23H27ClN2O/c1-15(2)16(3)25-23(27)13-20(17-8-7-9-18(24)12-17)21-14-26(4)22-11-6-5-10-19(21)22/h5-12,14-16,20H,13H2,1-4H3,(H,25,27). The van der Waals surface area contributed by atoms with Crippen molar-refractivity contribution in [2.45, 2.75) is 39.2 Å². The number of fused-ring (bicyclic) bond motifs is 1. The molecule has 2 aromatic carbocycles. The lowest BCUT2D eigenvalue weighted by Crippen LogP contribution is -2.36. The lowest BCUT2D eigenvalue weighted by atomic mass is 9.88. The summed E-state index contributed by atoms with van der Waals surface area (Å²) >= 11 is 6.26. The highest BCUT2D eigenvalue weighted by Crippen LogP contribution is 2.35. The second-order valence-electron chi connectivity index (χ2n) is 7.62. The first-order valence-electron chi connectivity index (χ1n) is 9.45. The van der Waals surface area contributed by atoms with Gasteiger partial charge in [0.1, 0.15) is 0 Å². The largest absolute Gasteiger partial charge is 0.353 e. The fourth-order valence-electron chi connectivity index (χ4n) is 3.45. The molecule has 2 unspecified atom stereocenters. The molecule has 4 heteroatoms. The minimum Gasteiger partial charge on any atom is -0.353 e. The van der Waals surface area contributed by atoms with Gasteiger partial charge >= 0.3 is 0 Å². The number of aromatic nitrogens is 1. The molecule has 27 heavy (non-hydrogen) atoms. The molecule has 0 spiro atoms. The minimum absolute atomic E-state index is 0.0471. The zero-order valence-corrected chi connectivity index (χ0v) is 17.1. The zero-order chi connectivity index (χ0) is 19.6. The molecule has 1 N–H and O–H groups in total. The SMILES string of the molecule is CC(C)C(C)NC(=O)CC(c1cccc(Cl)c1)c1cn(C)c2ccccc12. The number of nitrogens with zero attached hydrogens (tertiary/aromatic N) is 1. The minimum atomic E-state index is -0.0471. The molecule has 0 aliphatic rings. The highest BCUT2D eigenvalue weighted by Gasteiger charge is 2.23. The Morgan fingerprint density at radius 3 is 2.56 bits per heavy atom. The summed E-state index contributed by atoms with van der Waals surface area (Å²) in [6.07, 6.45) is 2.53. The molecule has 3 nitrogen and oxygen atoms in total. The Morgan fingerprint density at radius 1 is 1.11 bits per heavy atom. The number of hydrogen-bond donors (Lipinski definition) is 1. The summed E-state index contributed by atoms with van der Waals surface area (Å²) in [5.41, 5.74) is 3.38. The van der Waals surface area contributed by atoms with Gasteiger partial charge in [0.25, 0.3) is 0 Å². The van der Waals surface area contributed by atoms with Crippen molar-refractivity contribution in [2.75, 3.05) is 0 Å². The van der Waals surface area contributed by atoms with Gasteiger partial charge < -0.3 is 9.88 Å². The van der Waals surface area contributed by atoms with Crippen LogP contribution in [0.3, 0.4) is 0 Å². The van der Waals surface area contributed by atoms with Gasteiger partial charge in [-0.05, 0) is 42.2 Å². The highest BCUT2D eigenvalue weighted by atomic mass is 35.5. The molecule has 3 aromatic rings. The average molecular weight is 383 g/mol. The summed E-state index contributed by atoms with van der Waals surface area (Å²) in [6.45, 7) is 6.28. The van der Waals surface area contributed by atoms with E-state index in [2.05, 4.69) is 55.1 Å². The second kappa shape index (κ2) is 8.18. The molecule has 1 aromatic heterocycles. The molecule has 1 amide bonds. The monoisotopic (exact) mass is 382 g/mol. The van der Waals surface area contributed by atoms with Crippen molar-refractivity contribution in [3.8, 4) is 0 Å². The van der Waals surface area contributed by atoms with Gasteiger partial charge in [-0.2, -0.15) is 0 Å². The van der Waals surface area contributed by atoms with Crippen LogP contribution in [-0.2, 0) is 11.8 Å². The number of hydrogen-bond acceptors (Lipinski definition) is 1. The number of rotatable bonds is 6. The van der Waals surface area contributed by atoms with E-state index in [1.807, 2.05) is 37.4 Å². The molecule has 0 aliphatic carbocycles. The molecule has 0 fully saturated rings. The number of benzene rings is 2. The van der Waals surface area contributed by atoms with Crippen LogP contribution >= 0.6 is 11.6 Å². The number of halogens is 1. The molecule has 142 valence electrons. The first kappa shape index (κ1) is 19.5. The van der Waals surface area contributed by atoms with E-state index < -0.39 is 0 Å². The quantitative estimate of drug-likeness (QED) is 0.598. The fraction of sp³-hybridized carbons (Fsp3) is 0.348. The van der Waals surface area contributed by atoms with E-state index in [0.29, 0.717) is 17.4 Å². The first-order valence-corrected chi connectivity index (χ1v) is 9.83. The Labute approximate surface area is 166 Å². The molecular weight excluding hydrogens is 356 g/mol. The summed E-state index contributed by atoms with van der Waals surface area (Å²) in [4.78, 5) is 12.8. The highest BCUT2D eigenvalue weighted by molar-refractivity contribution is 6.30. The number of carbonyl (C=O) groups is 1. The van der Waals surface area contributed by atoms with E-state index in [-0.39, 0.29) is 17.9 Å². The smallest absolute Gasteiger partial charge is 0.221 e. The van der Waals surface area contributed by atoms with Crippen LogP contribution in [0.5, 0.6) is 0 Å². The van der Waals surface area contributed by atoms with E-state index in [1.165, 1.54) is 5.39 Å². The van der Waals surface area contributed by atoms with Gasteiger partial charge in [-0.3, -0.25) is 4.79 Å². The predicted molar refractivity (Wildman–Crippen MR) is 113 cm³/mol. The van der Waals surface area contributed by atoms with Crippen LogP contribution in [0, 0.1) is 5.92 Å². The Bertz CT molecular complexity index is 944. The third-order valence-electron chi connectivity index (χ3n) is 5.33. The summed E-state index contributed by atoms with van der Waals surface area (Å²) in [5.74, 6) is 0.416. The first-order chi connectivity index (χ1) is 12.9. The lowest BCUT2D eigenvalue weighted by Gasteiger charge is -2.21. The van der Waals surface area contributed by atoms with Crippen LogP contribution in [0.4, 0.5) is 0 Å². The van der Waals surface area contributed by atoms with Crippen molar-refractivity contribution in [2.24, 2.45) is 13.0 Å². The molecule has 3 rings (SSSR count). The van der Waals surface area contributed by atoms with Gasteiger partial charge in [0, 0.05) is 47.6 Å². The van der Waals surface area contributed by atoms with E-state index in [1.54, 1.807) is 0 Å². The maximum atomic E-state index is 12.8. The van der Waals surface area contributed by atoms with Crippen molar-refractivity contribution in [3.05, 3.63) is 70.9 Å². The van der Waals surface area contributed by atoms with Gasteiger partial charge in [-0.25, -0.2) is 0 Å². The van der Waals surface area contributed by atoms with Gasteiger partial charge in [0.05, 0.1) is 0 Å². The Morgan fingerprint density at radius 2 is 1.85 bits per heavy atom. The van der Waals surface area contributed by atoms with Crippen molar-refractivity contribution in [1.82, 2.24) is 9.88 Å². The number of nitrogens with one attached hydrogen (secondary N) is 1. The van der Waals surface area contributed by atoms with E-state index in [4.69, 9.17) is 11.6 Å². The van der Waals surface area contributed by atoms with Gasteiger partial charge in [-0.15, -0.1) is 0 Å². The zero-order valence-electron chi connectivity index (χ0n) is 16.4. The predicted octanol–water partition coefficient (Wildman–Crippen LogP) is 5.51. The Hall–Kier alpha value is -2.26. The van der Waals surface area contributed by atoms with E-state index in [9.17, 15) is 4.79 Å². The lowest BCUT2D eigenvalue weighted by molar-refractivity contribution is -0.122.